The summed E-state index contributed by atoms with van der Waals surface area (Å²) in [6.07, 6.45) is -0.195. The first kappa shape index (κ1) is 13.0. The lowest BCUT2D eigenvalue weighted by molar-refractivity contribution is 0.0103. The van der Waals surface area contributed by atoms with Crippen molar-refractivity contribution in [2.24, 2.45) is 0 Å². The van der Waals surface area contributed by atoms with Crippen molar-refractivity contribution < 1.29 is 9.53 Å². The summed E-state index contributed by atoms with van der Waals surface area (Å²) in [5.74, 6) is 0. The molecule has 1 aliphatic rings. The first-order valence-electron chi connectivity index (χ1n) is 5.20. The Morgan fingerprint density at radius 3 is 2.47 bits per heavy atom. The first-order valence-corrected chi connectivity index (χ1v) is 6.16. The molecule has 88 valence electrons. The molecule has 0 saturated carbocycles. The third-order valence-corrected chi connectivity index (χ3v) is 3.08. The van der Waals surface area contributed by atoms with Crippen LogP contribution in [0, 0.1) is 0 Å². The van der Waals surface area contributed by atoms with Crippen molar-refractivity contribution in [1.82, 2.24) is 8.01 Å². The molecule has 1 unspecified atom stereocenters. The number of carbonyl (C=O) groups is 1. The molecule has 1 aliphatic heterocycles. The van der Waals surface area contributed by atoms with E-state index >= 15 is 0 Å². The molecule has 1 fully saturated rings. The highest BCUT2D eigenvalue weighted by Crippen LogP contribution is 2.17. The van der Waals surface area contributed by atoms with Gasteiger partial charge in [-0.2, -0.15) is 0 Å². The summed E-state index contributed by atoms with van der Waals surface area (Å²) >= 11 is 2.29. The summed E-state index contributed by atoms with van der Waals surface area (Å²) in [5, 5.41) is 0. The molecule has 1 amide bonds. The lowest BCUT2D eigenvalue weighted by Gasteiger charge is -2.37. The molecule has 4 nitrogen and oxygen atoms in total. The molecule has 1 heterocycles. The van der Waals surface area contributed by atoms with Crippen LogP contribution in [0.3, 0.4) is 0 Å². The fourth-order valence-corrected chi connectivity index (χ4v) is 2.29. The molecular weight excluding hydrogens is 307 g/mol. The zero-order valence-corrected chi connectivity index (χ0v) is 11.9. The van der Waals surface area contributed by atoms with Crippen LogP contribution in [0.15, 0.2) is 0 Å². The molecule has 1 rings (SSSR count). The Hall–Kier alpha value is -0.0400. The Kier molecular flexibility index (Phi) is 4.22. The van der Waals surface area contributed by atoms with Gasteiger partial charge in [-0.3, -0.25) is 0 Å². The SMILES string of the molecule is CC1CN(I)CCN1C(=O)OC(C)(C)C. The number of halogens is 1. The van der Waals surface area contributed by atoms with Crippen LogP contribution >= 0.6 is 22.9 Å². The molecule has 1 saturated heterocycles. The zero-order valence-electron chi connectivity index (χ0n) is 9.79. The molecular formula is C10H19IN2O2. The third kappa shape index (κ3) is 4.14. The highest BCUT2D eigenvalue weighted by Gasteiger charge is 2.29. The topological polar surface area (TPSA) is 32.8 Å². The maximum atomic E-state index is 11.8. The monoisotopic (exact) mass is 326 g/mol. The van der Waals surface area contributed by atoms with E-state index in [4.69, 9.17) is 4.74 Å². The number of amides is 1. The van der Waals surface area contributed by atoms with E-state index in [1.165, 1.54) is 0 Å². The molecule has 1 atom stereocenters. The number of ether oxygens (including phenoxy) is 1. The Morgan fingerprint density at radius 2 is 2.00 bits per heavy atom. The van der Waals surface area contributed by atoms with Gasteiger partial charge in [-0.25, -0.2) is 7.91 Å². The van der Waals surface area contributed by atoms with Gasteiger partial charge >= 0.3 is 6.09 Å². The predicted octanol–water partition coefficient (Wildman–Crippen LogP) is 2.28. The molecule has 0 aromatic carbocycles. The van der Waals surface area contributed by atoms with Crippen molar-refractivity contribution in [2.75, 3.05) is 19.6 Å². The van der Waals surface area contributed by atoms with Crippen LogP contribution in [0.5, 0.6) is 0 Å². The normalized spacial score (nSPS) is 24.1. The second-order valence-electron chi connectivity index (χ2n) is 4.89. The van der Waals surface area contributed by atoms with Crippen LogP contribution in [0.4, 0.5) is 4.79 Å². The third-order valence-electron chi connectivity index (χ3n) is 2.21. The average molecular weight is 326 g/mol. The highest BCUT2D eigenvalue weighted by molar-refractivity contribution is 14.1. The van der Waals surface area contributed by atoms with Gasteiger partial charge in [0, 0.05) is 48.5 Å². The molecule has 0 spiro atoms. The second kappa shape index (κ2) is 4.86. The van der Waals surface area contributed by atoms with Crippen LogP contribution in [0.1, 0.15) is 27.7 Å². The van der Waals surface area contributed by atoms with Gasteiger partial charge in [0.1, 0.15) is 5.60 Å². The number of rotatable bonds is 0. The summed E-state index contributed by atoms with van der Waals surface area (Å²) in [4.78, 5) is 13.6. The van der Waals surface area contributed by atoms with Gasteiger partial charge in [-0.1, -0.05) is 0 Å². The minimum atomic E-state index is -0.405. The van der Waals surface area contributed by atoms with Crippen LogP contribution in [0.2, 0.25) is 0 Å². The van der Waals surface area contributed by atoms with Crippen molar-refractivity contribution in [3.63, 3.8) is 0 Å². The van der Waals surface area contributed by atoms with E-state index in [-0.39, 0.29) is 12.1 Å². The van der Waals surface area contributed by atoms with Gasteiger partial charge in [-0.05, 0) is 27.7 Å². The highest BCUT2D eigenvalue weighted by atomic mass is 127. The molecule has 0 bridgehead atoms. The largest absolute Gasteiger partial charge is 0.444 e. The van der Waals surface area contributed by atoms with Crippen LogP contribution in [-0.2, 0) is 4.74 Å². The molecule has 0 N–H and O–H groups in total. The van der Waals surface area contributed by atoms with Gasteiger partial charge in [0.25, 0.3) is 0 Å². The number of piperazine rings is 1. The zero-order chi connectivity index (χ0) is 11.6. The standard InChI is InChI=1S/C10H19IN2O2/c1-8-7-12(11)5-6-13(8)9(14)15-10(2,3)4/h8H,5-7H2,1-4H3. The van der Waals surface area contributed by atoms with Gasteiger partial charge in [0.05, 0.1) is 0 Å². The summed E-state index contributed by atoms with van der Waals surface area (Å²) in [7, 11) is 0. The Balaban J connectivity index is 2.53. The van der Waals surface area contributed by atoms with Crippen LogP contribution < -0.4 is 0 Å². The quantitative estimate of drug-likeness (QED) is 0.506. The summed E-state index contributed by atoms with van der Waals surface area (Å²) in [6, 6.07) is 0.227. The molecule has 0 aromatic heterocycles. The van der Waals surface area contributed by atoms with Crippen molar-refractivity contribution in [1.29, 1.82) is 0 Å². The van der Waals surface area contributed by atoms with E-state index in [0.717, 1.165) is 19.6 Å². The molecule has 5 heteroatoms. The van der Waals surface area contributed by atoms with Crippen molar-refractivity contribution >= 4 is 29.0 Å². The lowest BCUT2D eigenvalue weighted by atomic mass is 10.2. The van der Waals surface area contributed by atoms with E-state index in [1.807, 2.05) is 20.8 Å². The van der Waals surface area contributed by atoms with Gasteiger partial charge < -0.3 is 9.64 Å². The van der Waals surface area contributed by atoms with E-state index in [2.05, 4.69) is 32.9 Å². The maximum absolute atomic E-state index is 11.8. The fourth-order valence-electron chi connectivity index (χ4n) is 1.50. The number of carbonyl (C=O) groups excluding carboxylic acids is 1. The number of hydrogen-bond donors (Lipinski definition) is 0. The van der Waals surface area contributed by atoms with Crippen molar-refractivity contribution in [2.45, 2.75) is 39.3 Å². The van der Waals surface area contributed by atoms with E-state index in [0.29, 0.717) is 0 Å². The summed E-state index contributed by atoms with van der Waals surface area (Å²) < 4.78 is 7.55. The predicted molar refractivity (Wildman–Crippen MR) is 68.0 cm³/mol. The average Bonchev–Trinajstić information content (AvgIpc) is 1.99. The number of hydrogen-bond acceptors (Lipinski definition) is 3. The van der Waals surface area contributed by atoms with Gasteiger partial charge in [0.15, 0.2) is 0 Å². The lowest BCUT2D eigenvalue weighted by Crippen LogP contribution is -2.52. The Labute approximate surface area is 105 Å². The summed E-state index contributed by atoms with van der Waals surface area (Å²) in [5.41, 5.74) is -0.405. The smallest absolute Gasteiger partial charge is 0.410 e. The van der Waals surface area contributed by atoms with Gasteiger partial charge in [0.2, 0.25) is 0 Å². The first-order chi connectivity index (χ1) is 6.79. The molecule has 15 heavy (non-hydrogen) atoms. The number of nitrogens with zero attached hydrogens (tertiary/aromatic N) is 2. The van der Waals surface area contributed by atoms with Crippen molar-refractivity contribution in [3.05, 3.63) is 0 Å². The van der Waals surface area contributed by atoms with Gasteiger partial charge in [-0.15, -0.1) is 0 Å². The van der Waals surface area contributed by atoms with Crippen molar-refractivity contribution in [3.8, 4) is 0 Å². The van der Waals surface area contributed by atoms with Crippen LogP contribution in [0.25, 0.3) is 0 Å². The minimum absolute atomic E-state index is 0.195. The van der Waals surface area contributed by atoms with Crippen LogP contribution in [-0.4, -0.2) is 45.4 Å². The molecule has 0 radical (unpaired) electrons. The van der Waals surface area contributed by atoms with E-state index in [1.54, 1.807) is 4.90 Å². The Morgan fingerprint density at radius 1 is 1.40 bits per heavy atom. The Bertz CT molecular complexity index is 240. The molecule has 0 aliphatic carbocycles. The molecule has 0 aromatic rings. The minimum Gasteiger partial charge on any atom is -0.444 e. The van der Waals surface area contributed by atoms with E-state index < -0.39 is 5.60 Å². The van der Waals surface area contributed by atoms with E-state index in [9.17, 15) is 4.79 Å². The maximum Gasteiger partial charge on any atom is 0.410 e. The second-order valence-corrected chi connectivity index (χ2v) is 6.26. The fraction of sp³-hybridized carbons (Fsp3) is 0.900. The summed E-state index contributed by atoms with van der Waals surface area (Å²) in [6.45, 7) is 10.3.